The summed E-state index contributed by atoms with van der Waals surface area (Å²) in [4.78, 5) is 2.88. The van der Waals surface area contributed by atoms with Crippen LogP contribution in [-0.4, -0.2) is 34.1 Å². The summed E-state index contributed by atoms with van der Waals surface area (Å²) in [6.45, 7) is 8.69. The van der Waals surface area contributed by atoms with E-state index in [2.05, 4.69) is 47.7 Å². The van der Waals surface area contributed by atoms with E-state index in [1.807, 2.05) is 6.07 Å². The van der Waals surface area contributed by atoms with Gasteiger partial charge in [0.05, 0.1) is 0 Å². The first-order valence-corrected chi connectivity index (χ1v) is 7.17. The lowest BCUT2D eigenvalue weighted by atomic mass is 10.1. The van der Waals surface area contributed by atoms with E-state index in [0.717, 1.165) is 31.7 Å². The minimum Gasteiger partial charge on any atom is -0.389 e. The Morgan fingerprint density at radius 1 is 1.26 bits per heavy atom. The number of aromatic nitrogens is 1. The van der Waals surface area contributed by atoms with Crippen molar-refractivity contribution in [2.75, 3.05) is 19.6 Å². The van der Waals surface area contributed by atoms with Crippen LogP contribution >= 0.6 is 12.2 Å². The predicted octanol–water partition coefficient (Wildman–Crippen LogP) is 2.62. The summed E-state index contributed by atoms with van der Waals surface area (Å²) in [7, 11) is 0. The summed E-state index contributed by atoms with van der Waals surface area (Å²) in [5.41, 5.74) is 7.84. The van der Waals surface area contributed by atoms with E-state index in [0.29, 0.717) is 4.99 Å². The van der Waals surface area contributed by atoms with Gasteiger partial charge in [0.2, 0.25) is 0 Å². The van der Waals surface area contributed by atoms with Gasteiger partial charge < -0.3 is 15.2 Å². The minimum atomic E-state index is 0.456. The van der Waals surface area contributed by atoms with E-state index in [1.165, 1.54) is 10.9 Å². The number of nitrogens with two attached hydrogens (primary N) is 1. The molecule has 0 aliphatic heterocycles. The van der Waals surface area contributed by atoms with Crippen LogP contribution in [0.3, 0.4) is 0 Å². The average molecular weight is 275 g/mol. The van der Waals surface area contributed by atoms with Gasteiger partial charge in [-0.1, -0.05) is 26.1 Å². The van der Waals surface area contributed by atoms with Crippen molar-refractivity contribution in [2.24, 2.45) is 5.73 Å². The standard InChI is InChI=1S/C15H21N3S/c1-3-17(4-2)9-10-18-8-7-12-11-13(15(16)19)5-6-14(12)18/h5-8,11H,3-4,9-10H2,1-2H3,(H2,16,19). The number of fused-ring (bicyclic) bond motifs is 1. The van der Waals surface area contributed by atoms with Gasteiger partial charge in [-0.2, -0.15) is 0 Å². The maximum Gasteiger partial charge on any atom is 0.104 e. The van der Waals surface area contributed by atoms with Crippen LogP contribution in [0.15, 0.2) is 30.5 Å². The molecule has 1 aromatic carbocycles. The molecule has 3 nitrogen and oxygen atoms in total. The van der Waals surface area contributed by atoms with Crippen molar-refractivity contribution in [3.63, 3.8) is 0 Å². The highest BCUT2D eigenvalue weighted by molar-refractivity contribution is 7.80. The Morgan fingerprint density at radius 3 is 2.63 bits per heavy atom. The van der Waals surface area contributed by atoms with Crippen molar-refractivity contribution in [3.05, 3.63) is 36.0 Å². The van der Waals surface area contributed by atoms with E-state index < -0.39 is 0 Å². The van der Waals surface area contributed by atoms with Crippen molar-refractivity contribution >= 4 is 28.1 Å². The Morgan fingerprint density at radius 2 is 2.00 bits per heavy atom. The molecule has 2 rings (SSSR count). The van der Waals surface area contributed by atoms with Gasteiger partial charge in [0, 0.05) is 35.8 Å². The quantitative estimate of drug-likeness (QED) is 0.823. The molecule has 0 unspecified atom stereocenters. The molecule has 0 atom stereocenters. The van der Waals surface area contributed by atoms with Crippen molar-refractivity contribution in [1.82, 2.24) is 9.47 Å². The van der Waals surface area contributed by atoms with Gasteiger partial charge in [-0.15, -0.1) is 0 Å². The Kier molecular flexibility index (Phi) is 4.56. The number of benzene rings is 1. The summed E-state index contributed by atoms with van der Waals surface area (Å²) in [6.07, 6.45) is 2.14. The third-order valence-electron chi connectivity index (χ3n) is 3.61. The highest BCUT2D eigenvalue weighted by Crippen LogP contribution is 2.17. The van der Waals surface area contributed by atoms with Crippen LogP contribution in [0.2, 0.25) is 0 Å². The maximum atomic E-state index is 5.66. The Balaban J connectivity index is 2.19. The molecule has 0 saturated carbocycles. The van der Waals surface area contributed by atoms with Gasteiger partial charge in [-0.25, -0.2) is 0 Å². The number of nitrogens with zero attached hydrogens (tertiary/aromatic N) is 2. The highest BCUT2D eigenvalue weighted by atomic mass is 32.1. The fourth-order valence-corrected chi connectivity index (χ4v) is 2.46. The molecule has 0 aliphatic carbocycles. The maximum absolute atomic E-state index is 5.66. The summed E-state index contributed by atoms with van der Waals surface area (Å²) in [6, 6.07) is 8.29. The largest absolute Gasteiger partial charge is 0.389 e. The lowest BCUT2D eigenvalue weighted by Gasteiger charge is -2.18. The van der Waals surface area contributed by atoms with E-state index in [9.17, 15) is 0 Å². The number of likely N-dealkylation sites (N-methyl/N-ethyl adjacent to an activating group) is 1. The van der Waals surface area contributed by atoms with Gasteiger partial charge in [-0.3, -0.25) is 0 Å². The van der Waals surface area contributed by atoms with Crippen molar-refractivity contribution < 1.29 is 0 Å². The summed E-state index contributed by atoms with van der Waals surface area (Å²) in [5, 5.41) is 1.20. The fourth-order valence-electron chi connectivity index (χ4n) is 2.34. The SMILES string of the molecule is CCN(CC)CCn1ccc2cc(C(N)=S)ccc21. The molecule has 0 bridgehead atoms. The molecule has 4 heteroatoms. The Labute approximate surface area is 120 Å². The highest BCUT2D eigenvalue weighted by Gasteiger charge is 2.05. The molecule has 2 N–H and O–H groups in total. The Bertz CT molecular complexity index is 570. The van der Waals surface area contributed by atoms with E-state index in [4.69, 9.17) is 18.0 Å². The second-order valence-electron chi connectivity index (χ2n) is 4.67. The molecular formula is C15H21N3S. The smallest absolute Gasteiger partial charge is 0.104 e. The Hall–Kier alpha value is -1.39. The van der Waals surface area contributed by atoms with Gasteiger partial charge in [0.15, 0.2) is 0 Å². The zero-order chi connectivity index (χ0) is 13.8. The third-order valence-corrected chi connectivity index (χ3v) is 3.84. The van der Waals surface area contributed by atoms with E-state index in [1.54, 1.807) is 0 Å². The van der Waals surface area contributed by atoms with Crippen molar-refractivity contribution in [1.29, 1.82) is 0 Å². The molecule has 102 valence electrons. The third kappa shape index (κ3) is 3.14. The summed E-state index contributed by atoms with van der Waals surface area (Å²) < 4.78 is 2.29. The average Bonchev–Trinajstić information content (AvgIpc) is 2.82. The topological polar surface area (TPSA) is 34.2 Å². The number of hydrogen-bond donors (Lipinski definition) is 1. The van der Waals surface area contributed by atoms with E-state index >= 15 is 0 Å². The number of rotatable bonds is 6. The van der Waals surface area contributed by atoms with Crippen LogP contribution in [0, 0.1) is 0 Å². The van der Waals surface area contributed by atoms with Crippen LogP contribution in [0.25, 0.3) is 10.9 Å². The molecule has 0 radical (unpaired) electrons. The molecule has 0 saturated heterocycles. The first kappa shape index (κ1) is 14.0. The number of thiocarbonyl (C=S) groups is 1. The lowest BCUT2D eigenvalue weighted by molar-refractivity contribution is 0.292. The molecule has 0 spiro atoms. The number of hydrogen-bond acceptors (Lipinski definition) is 2. The van der Waals surface area contributed by atoms with Crippen molar-refractivity contribution in [2.45, 2.75) is 20.4 Å². The zero-order valence-corrected chi connectivity index (χ0v) is 12.4. The second kappa shape index (κ2) is 6.17. The second-order valence-corrected chi connectivity index (χ2v) is 5.11. The summed E-state index contributed by atoms with van der Waals surface area (Å²) >= 11 is 5.01. The van der Waals surface area contributed by atoms with Gasteiger partial charge in [0.1, 0.15) is 4.99 Å². The summed E-state index contributed by atoms with van der Waals surface area (Å²) in [5.74, 6) is 0. The molecule has 0 aliphatic rings. The molecule has 19 heavy (non-hydrogen) atoms. The first-order chi connectivity index (χ1) is 9.15. The molecular weight excluding hydrogens is 254 g/mol. The monoisotopic (exact) mass is 275 g/mol. The van der Waals surface area contributed by atoms with E-state index in [-0.39, 0.29) is 0 Å². The van der Waals surface area contributed by atoms with Crippen LogP contribution in [0.1, 0.15) is 19.4 Å². The fraction of sp³-hybridized carbons (Fsp3) is 0.400. The molecule has 2 aromatic rings. The molecule has 0 amide bonds. The zero-order valence-electron chi connectivity index (χ0n) is 11.6. The lowest BCUT2D eigenvalue weighted by Crippen LogP contribution is -2.26. The minimum absolute atomic E-state index is 0.456. The van der Waals surface area contributed by atoms with Gasteiger partial charge >= 0.3 is 0 Å². The predicted molar refractivity (Wildman–Crippen MR) is 85.6 cm³/mol. The van der Waals surface area contributed by atoms with Gasteiger partial charge in [0.25, 0.3) is 0 Å². The van der Waals surface area contributed by atoms with Crippen molar-refractivity contribution in [3.8, 4) is 0 Å². The van der Waals surface area contributed by atoms with Crippen LogP contribution < -0.4 is 5.73 Å². The van der Waals surface area contributed by atoms with Gasteiger partial charge in [-0.05, 0) is 37.4 Å². The molecule has 0 fully saturated rings. The van der Waals surface area contributed by atoms with Crippen LogP contribution in [-0.2, 0) is 6.54 Å². The first-order valence-electron chi connectivity index (χ1n) is 6.76. The van der Waals surface area contributed by atoms with Crippen LogP contribution in [0.4, 0.5) is 0 Å². The molecule has 1 aromatic heterocycles. The van der Waals surface area contributed by atoms with Crippen LogP contribution in [0.5, 0.6) is 0 Å². The molecule has 1 heterocycles. The normalized spacial score (nSPS) is 11.3.